The molecule has 0 spiro atoms. The van der Waals surface area contributed by atoms with E-state index in [1.807, 2.05) is 29.3 Å². The lowest BCUT2D eigenvalue weighted by Crippen LogP contribution is -2.16. The number of nitrogens with one attached hydrogen (secondary N) is 1. The number of thioether (sulfide) groups is 1. The number of nitrogens with zero attached hydrogens (tertiary/aromatic N) is 1. The third kappa shape index (κ3) is 3.98. The van der Waals surface area contributed by atoms with Crippen LogP contribution in [0.3, 0.4) is 0 Å². The van der Waals surface area contributed by atoms with Gasteiger partial charge in [-0.3, -0.25) is 0 Å². The summed E-state index contributed by atoms with van der Waals surface area (Å²) < 4.78 is 0. The third-order valence-corrected chi connectivity index (χ3v) is 3.81. The lowest BCUT2D eigenvalue weighted by Gasteiger charge is -2.00. The van der Waals surface area contributed by atoms with Crippen molar-refractivity contribution >= 4 is 23.1 Å². The van der Waals surface area contributed by atoms with E-state index in [1.54, 1.807) is 0 Å². The molecule has 0 unspecified atom stereocenters. The van der Waals surface area contributed by atoms with Crippen molar-refractivity contribution in [1.29, 1.82) is 0 Å². The van der Waals surface area contributed by atoms with Gasteiger partial charge in [0.2, 0.25) is 0 Å². The molecule has 0 saturated heterocycles. The maximum absolute atomic E-state index is 4.38. The molecule has 1 N–H and O–H groups in total. The highest BCUT2D eigenvalue weighted by Gasteiger charge is 2.04. The molecule has 0 atom stereocenters. The Hall–Kier alpha value is -0.0600. The fraction of sp³-hybridized carbons (Fsp3) is 0.700. The fourth-order valence-corrected chi connectivity index (χ4v) is 2.28. The maximum atomic E-state index is 4.38. The highest BCUT2D eigenvalue weighted by molar-refractivity contribution is 7.98. The monoisotopic (exact) mass is 230 g/mol. The minimum absolute atomic E-state index is 0.604. The number of aromatic nitrogens is 1. The van der Waals surface area contributed by atoms with Gasteiger partial charge in [-0.05, 0) is 12.2 Å². The van der Waals surface area contributed by atoms with Crippen molar-refractivity contribution in [2.24, 2.45) is 0 Å². The molecular weight excluding hydrogens is 212 g/mol. The molecule has 4 heteroatoms. The van der Waals surface area contributed by atoms with Crippen LogP contribution in [-0.2, 0) is 6.54 Å². The van der Waals surface area contributed by atoms with Gasteiger partial charge in [0.25, 0.3) is 0 Å². The van der Waals surface area contributed by atoms with Gasteiger partial charge in [-0.15, -0.1) is 11.3 Å². The average Bonchev–Trinajstić information content (AvgIpc) is 2.61. The first-order valence-corrected chi connectivity index (χ1v) is 7.09. The molecule has 0 aromatic carbocycles. The highest BCUT2D eigenvalue weighted by atomic mass is 32.2. The van der Waals surface area contributed by atoms with Crippen molar-refractivity contribution in [1.82, 2.24) is 10.3 Å². The largest absolute Gasteiger partial charge is 0.310 e. The lowest BCUT2D eigenvalue weighted by molar-refractivity contribution is 0.728. The first kappa shape index (κ1) is 12.0. The first-order valence-electron chi connectivity index (χ1n) is 4.88. The summed E-state index contributed by atoms with van der Waals surface area (Å²) in [6, 6.07) is 0. The molecule has 0 saturated carbocycles. The van der Waals surface area contributed by atoms with E-state index in [9.17, 15) is 0 Å². The number of hydrogen-bond acceptors (Lipinski definition) is 4. The van der Waals surface area contributed by atoms with Gasteiger partial charge in [0.1, 0.15) is 5.01 Å². The molecule has 0 radical (unpaired) electrons. The third-order valence-electron chi connectivity index (χ3n) is 1.90. The molecule has 1 aromatic rings. The summed E-state index contributed by atoms with van der Waals surface area (Å²) in [5.74, 6) is 1.77. The second-order valence-electron chi connectivity index (χ2n) is 3.48. The smallest absolute Gasteiger partial charge is 0.107 e. The molecule has 0 aliphatic rings. The van der Waals surface area contributed by atoms with E-state index in [0.717, 1.165) is 13.1 Å². The van der Waals surface area contributed by atoms with Gasteiger partial charge < -0.3 is 5.32 Å². The fourth-order valence-electron chi connectivity index (χ4n) is 1.04. The Bertz CT molecular complexity index is 258. The van der Waals surface area contributed by atoms with Gasteiger partial charge >= 0.3 is 0 Å². The van der Waals surface area contributed by atoms with Crippen LogP contribution >= 0.6 is 23.1 Å². The van der Waals surface area contributed by atoms with Crippen molar-refractivity contribution in [3.05, 3.63) is 16.1 Å². The van der Waals surface area contributed by atoms with Gasteiger partial charge in [0, 0.05) is 29.9 Å². The second-order valence-corrected chi connectivity index (χ2v) is 5.61. The molecule has 1 heterocycles. The van der Waals surface area contributed by atoms with Crippen LogP contribution in [0.1, 0.15) is 29.7 Å². The highest BCUT2D eigenvalue weighted by Crippen LogP contribution is 2.21. The van der Waals surface area contributed by atoms with Crippen LogP contribution in [0.5, 0.6) is 0 Å². The van der Waals surface area contributed by atoms with Crippen LogP contribution in [0.2, 0.25) is 0 Å². The Morgan fingerprint density at radius 1 is 1.57 bits per heavy atom. The van der Waals surface area contributed by atoms with E-state index in [-0.39, 0.29) is 0 Å². The first-order chi connectivity index (χ1) is 6.74. The number of rotatable bonds is 6. The van der Waals surface area contributed by atoms with Crippen LogP contribution in [0.25, 0.3) is 0 Å². The van der Waals surface area contributed by atoms with Gasteiger partial charge in [-0.1, -0.05) is 13.8 Å². The number of thiazole rings is 1. The van der Waals surface area contributed by atoms with E-state index in [2.05, 4.69) is 30.4 Å². The Balaban J connectivity index is 2.29. The number of hydrogen-bond donors (Lipinski definition) is 1. The van der Waals surface area contributed by atoms with Crippen LogP contribution < -0.4 is 5.32 Å². The van der Waals surface area contributed by atoms with E-state index in [0.29, 0.717) is 5.92 Å². The molecule has 80 valence electrons. The topological polar surface area (TPSA) is 24.9 Å². The van der Waals surface area contributed by atoms with Crippen LogP contribution in [0.15, 0.2) is 6.20 Å². The van der Waals surface area contributed by atoms with Crippen molar-refractivity contribution in [2.75, 3.05) is 18.6 Å². The Morgan fingerprint density at radius 3 is 2.93 bits per heavy atom. The quantitative estimate of drug-likeness (QED) is 0.761. The molecule has 0 fully saturated rings. The van der Waals surface area contributed by atoms with Gasteiger partial charge in [-0.2, -0.15) is 11.8 Å². The molecule has 0 bridgehead atoms. The van der Waals surface area contributed by atoms with Gasteiger partial charge in [0.05, 0.1) is 0 Å². The van der Waals surface area contributed by atoms with Crippen LogP contribution in [0, 0.1) is 0 Å². The molecule has 0 amide bonds. The predicted octanol–water partition coefficient (Wildman–Crippen LogP) is 2.72. The Morgan fingerprint density at radius 2 is 2.36 bits per heavy atom. The van der Waals surface area contributed by atoms with E-state index >= 15 is 0 Å². The lowest BCUT2D eigenvalue weighted by atomic mass is 10.2. The van der Waals surface area contributed by atoms with Crippen molar-refractivity contribution < 1.29 is 0 Å². The average molecular weight is 230 g/mol. The van der Waals surface area contributed by atoms with Crippen molar-refractivity contribution in [3.8, 4) is 0 Å². The molecule has 0 aliphatic carbocycles. The summed E-state index contributed by atoms with van der Waals surface area (Å²) >= 11 is 3.69. The summed E-state index contributed by atoms with van der Waals surface area (Å²) in [5.41, 5.74) is 0. The minimum atomic E-state index is 0.604. The molecule has 0 aliphatic heterocycles. The van der Waals surface area contributed by atoms with Crippen LogP contribution in [0.4, 0.5) is 0 Å². The SMILES string of the molecule is CSCCNCc1ncc(C(C)C)s1. The Kier molecular flexibility index (Phi) is 5.52. The van der Waals surface area contributed by atoms with Crippen molar-refractivity contribution in [3.63, 3.8) is 0 Å². The normalized spacial score (nSPS) is 11.1. The zero-order valence-electron chi connectivity index (χ0n) is 9.04. The standard InChI is InChI=1S/C10H18N2S2/c1-8(2)9-6-12-10(14-9)7-11-4-5-13-3/h6,8,11H,4-5,7H2,1-3H3. The van der Waals surface area contributed by atoms with E-state index < -0.39 is 0 Å². The molecule has 1 rings (SSSR count). The molecule has 1 aromatic heterocycles. The summed E-state index contributed by atoms with van der Waals surface area (Å²) in [6.07, 6.45) is 4.13. The molecule has 14 heavy (non-hydrogen) atoms. The maximum Gasteiger partial charge on any atom is 0.107 e. The molecular formula is C10H18N2S2. The molecule has 2 nitrogen and oxygen atoms in total. The van der Waals surface area contributed by atoms with Gasteiger partial charge in [0.15, 0.2) is 0 Å². The summed E-state index contributed by atoms with van der Waals surface area (Å²) in [6.45, 7) is 6.40. The summed E-state index contributed by atoms with van der Waals surface area (Å²) in [5, 5.41) is 4.59. The minimum Gasteiger partial charge on any atom is -0.310 e. The second kappa shape index (κ2) is 6.43. The van der Waals surface area contributed by atoms with Crippen LogP contribution in [-0.4, -0.2) is 23.5 Å². The zero-order chi connectivity index (χ0) is 10.4. The van der Waals surface area contributed by atoms with E-state index in [4.69, 9.17) is 0 Å². The van der Waals surface area contributed by atoms with E-state index in [1.165, 1.54) is 15.6 Å². The van der Waals surface area contributed by atoms with Crippen molar-refractivity contribution in [2.45, 2.75) is 26.3 Å². The van der Waals surface area contributed by atoms with Gasteiger partial charge in [-0.25, -0.2) is 4.98 Å². The summed E-state index contributed by atoms with van der Waals surface area (Å²) in [7, 11) is 0. The zero-order valence-corrected chi connectivity index (χ0v) is 10.7. The Labute approximate surface area is 94.5 Å². The summed E-state index contributed by atoms with van der Waals surface area (Å²) in [4.78, 5) is 5.77. The predicted molar refractivity (Wildman–Crippen MR) is 66.3 cm³/mol.